The standard InChI is InChI=1S/C26H26N2O3/c1-18-8-6-7-11-23(18)27-26(30)22-16-17-24(29)28(20-12-14-21(31-2)15-13-20)25(22)19-9-4-3-5-10-19/h3-15,22,25H,16-17H2,1-2H3,(H,27,30)/t22-,25-/m0/s1. The zero-order valence-electron chi connectivity index (χ0n) is 17.7. The lowest BCUT2D eigenvalue weighted by atomic mass is 9.83. The van der Waals surface area contributed by atoms with Crippen LogP contribution in [0.4, 0.5) is 11.4 Å². The molecule has 0 unspecified atom stereocenters. The van der Waals surface area contributed by atoms with Crippen LogP contribution in [0.15, 0.2) is 78.9 Å². The van der Waals surface area contributed by atoms with Crippen molar-refractivity contribution in [2.24, 2.45) is 5.92 Å². The van der Waals surface area contributed by atoms with Gasteiger partial charge in [-0.05, 0) is 54.8 Å². The van der Waals surface area contributed by atoms with Gasteiger partial charge in [0.2, 0.25) is 11.8 Å². The summed E-state index contributed by atoms with van der Waals surface area (Å²) in [6, 6.07) is 24.5. The highest BCUT2D eigenvalue weighted by molar-refractivity contribution is 6.00. The summed E-state index contributed by atoms with van der Waals surface area (Å²) < 4.78 is 5.26. The van der Waals surface area contributed by atoms with E-state index in [9.17, 15) is 9.59 Å². The molecule has 0 bridgehead atoms. The van der Waals surface area contributed by atoms with Gasteiger partial charge in [0.15, 0.2) is 0 Å². The lowest BCUT2D eigenvalue weighted by Gasteiger charge is -2.41. The third-order valence-electron chi connectivity index (χ3n) is 5.83. The van der Waals surface area contributed by atoms with Crippen molar-refractivity contribution in [1.29, 1.82) is 0 Å². The quantitative estimate of drug-likeness (QED) is 0.630. The van der Waals surface area contributed by atoms with Crippen molar-refractivity contribution in [2.75, 3.05) is 17.3 Å². The van der Waals surface area contributed by atoms with Gasteiger partial charge >= 0.3 is 0 Å². The van der Waals surface area contributed by atoms with Gasteiger partial charge in [-0.25, -0.2) is 0 Å². The molecule has 0 aromatic heterocycles. The van der Waals surface area contributed by atoms with Gasteiger partial charge in [-0.3, -0.25) is 9.59 Å². The summed E-state index contributed by atoms with van der Waals surface area (Å²) in [6.45, 7) is 1.97. The zero-order chi connectivity index (χ0) is 21.8. The van der Waals surface area contributed by atoms with Crippen molar-refractivity contribution >= 4 is 23.2 Å². The topological polar surface area (TPSA) is 58.6 Å². The fourth-order valence-corrected chi connectivity index (χ4v) is 4.18. The number of carbonyl (C=O) groups is 2. The molecule has 2 amide bonds. The molecule has 3 aromatic rings. The third kappa shape index (κ3) is 4.31. The number of piperidine rings is 1. The molecule has 2 atom stereocenters. The highest BCUT2D eigenvalue weighted by Crippen LogP contribution is 2.41. The van der Waals surface area contributed by atoms with Crippen LogP contribution in [0.5, 0.6) is 5.75 Å². The number of rotatable bonds is 5. The second kappa shape index (κ2) is 9.04. The van der Waals surface area contributed by atoms with Gasteiger partial charge in [-0.1, -0.05) is 48.5 Å². The van der Waals surface area contributed by atoms with Crippen LogP contribution >= 0.6 is 0 Å². The van der Waals surface area contributed by atoms with E-state index in [0.29, 0.717) is 12.8 Å². The van der Waals surface area contributed by atoms with Crippen LogP contribution in [0.25, 0.3) is 0 Å². The summed E-state index contributed by atoms with van der Waals surface area (Å²) in [5.74, 6) is 0.285. The molecular formula is C26H26N2O3. The number of hydrogen-bond donors (Lipinski definition) is 1. The minimum Gasteiger partial charge on any atom is -0.497 e. The number of carbonyl (C=O) groups excluding carboxylic acids is 2. The molecule has 4 rings (SSSR count). The average Bonchev–Trinajstić information content (AvgIpc) is 2.81. The van der Waals surface area contributed by atoms with E-state index in [2.05, 4.69) is 5.32 Å². The first-order valence-corrected chi connectivity index (χ1v) is 10.5. The van der Waals surface area contributed by atoms with Crippen LogP contribution in [-0.4, -0.2) is 18.9 Å². The van der Waals surface area contributed by atoms with Gasteiger partial charge < -0.3 is 15.0 Å². The van der Waals surface area contributed by atoms with E-state index >= 15 is 0 Å². The molecular weight excluding hydrogens is 388 g/mol. The van der Waals surface area contributed by atoms with E-state index in [1.54, 1.807) is 12.0 Å². The van der Waals surface area contributed by atoms with Crippen LogP contribution in [0, 0.1) is 12.8 Å². The first kappa shape index (κ1) is 20.7. The molecule has 0 radical (unpaired) electrons. The normalized spacial score (nSPS) is 18.5. The Bertz CT molecular complexity index is 1060. The number of aryl methyl sites for hydroxylation is 1. The maximum absolute atomic E-state index is 13.4. The van der Waals surface area contributed by atoms with Gasteiger partial charge in [0.25, 0.3) is 0 Å². The number of para-hydroxylation sites is 1. The van der Waals surface area contributed by atoms with Crippen LogP contribution in [-0.2, 0) is 9.59 Å². The summed E-state index contributed by atoms with van der Waals surface area (Å²) in [4.78, 5) is 28.3. The minimum absolute atomic E-state index is 0.0129. The Morgan fingerprint density at radius 2 is 1.65 bits per heavy atom. The Morgan fingerprint density at radius 3 is 2.32 bits per heavy atom. The molecule has 0 aliphatic carbocycles. The highest BCUT2D eigenvalue weighted by Gasteiger charge is 2.41. The van der Waals surface area contributed by atoms with Crippen molar-refractivity contribution in [1.82, 2.24) is 0 Å². The van der Waals surface area contributed by atoms with Gasteiger partial charge in [0.1, 0.15) is 5.75 Å². The van der Waals surface area contributed by atoms with Gasteiger partial charge in [0, 0.05) is 17.8 Å². The van der Waals surface area contributed by atoms with E-state index in [1.165, 1.54) is 0 Å². The van der Waals surface area contributed by atoms with Crippen molar-refractivity contribution in [2.45, 2.75) is 25.8 Å². The summed E-state index contributed by atoms with van der Waals surface area (Å²) in [5, 5.41) is 3.09. The number of ether oxygens (including phenoxy) is 1. The fourth-order valence-electron chi connectivity index (χ4n) is 4.18. The highest BCUT2D eigenvalue weighted by atomic mass is 16.5. The van der Waals surface area contributed by atoms with Gasteiger partial charge in [0.05, 0.1) is 19.1 Å². The molecule has 3 aromatic carbocycles. The molecule has 1 fully saturated rings. The van der Waals surface area contributed by atoms with Gasteiger partial charge in [-0.2, -0.15) is 0 Å². The second-order valence-electron chi connectivity index (χ2n) is 7.77. The minimum atomic E-state index is -0.389. The molecule has 1 aliphatic heterocycles. The van der Waals surface area contributed by atoms with E-state index < -0.39 is 0 Å². The number of anilines is 2. The smallest absolute Gasteiger partial charge is 0.229 e. The monoisotopic (exact) mass is 414 g/mol. The van der Waals surface area contributed by atoms with Crippen LogP contribution in [0.3, 0.4) is 0 Å². The number of hydrogen-bond acceptors (Lipinski definition) is 3. The molecule has 158 valence electrons. The molecule has 1 N–H and O–H groups in total. The predicted octanol–water partition coefficient (Wildman–Crippen LogP) is 5.13. The Balaban J connectivity index is 1.72. The predicted molar refractivity (Wildman–Crippen MR) is 122 cm³/mol. The number of nitrogens with one attached hydrogen (secondary N) is 1. The van der Waals surface area contributed by atoms with E-state index in [1.807, 2.05) is 85.8 Å². The summed E-state index contributed by atoms with van der Waals surface area (Å²) in [7, 11) is 1.61. The van der Waals surface area contributed by atoms with Crippen molar-refractivity contribution in [3.05, 3.63) is 90.0 Å². The summed E-state index contributed by atoms with van der Waals surface area (Å²) >= 11 is 0. The third-order valence-corrected chi connectivity index (χ3v) is 5.83. The van der Waals surface area contributed by atoms with Gasteiger partial charge in [-0.15, -0.1) is 0 Å². The summed E-state index contributed by atoms with van der Waals surface area (Å²) in [5.41, 5.74) is 3.50. The van der Waals surface area contributed by atoms with E-state index in [0.717, 1.165) is 28.3 Å². The number of amides is 2. The Morgan fingerprint density at radius 1 is 0.968 bits per heavy atom. The van der Waals surface area contributed by atoms with E-state index in [-0.39, 0.29) is 23.8 Å². The zero-order valence-corrected chi connectivity index (χ0v) is 17.7. The molecule has 5 heteroatoms. The number of benzene rings is 3. The fraction of sp³-hybridized carbons (Fsp3) is 0.231. The van der Waals surface area contributed by atoms with Crippen LogP contribution < -0.4 is 15.0 Å². The molecule has 31 heavy (non-hydrogen) atoms. The largest absolute Gasteiger partial charge is 0.497 e. The van der Waals surface area contributed by atoms with Crippen molar-refractivity contribution in [3.8, 4) is 5.75 Å². The lowest BCUT2D eigenvalue weighted by molar-refractivity contribution is -0.125. The van der Waals surface area contributed by atoms with E-state index in [4.69, 9.17) is 4.74 Å². The first-order chi connectivity index (χ1) is 15.1. The second-order valence-corrected chi connectivity index (χ2v) is 7.77. The van der Waals surface area contributed by atoms with Crippen molar-refractivity contribution in [3.63, 3.8) is 0 Å². The molecule has 5 nitrogen and oxygen atoms in total. The Kier molecular flexibility index (Phi) is 6.03. The molecule has 0 saturated carbocycles. The number of nitrogens with zero attached hydrogens (tertiary/aromatic N) is 1. The molecule has 1 heterocycles. The lowest BCUT2D eigenvalue weighted by Crippen LogP contribution is -2.47. The Hall–Kier alpha value is -3.60. The first-order valence-electron chi connectivity index (χ1n) is 10.5. The average molecular weight is 415 g/mol. The molecule has 0 spiro atoms. The maximum atomic E-state index is 13.4. The Labute approximate surface area is 182 Å². The van der Waals surface area contributed by atoms with Crippen molar-refractivity contribution < 1.29 is 14.3 Å². The molecule has 1 saturated heterocycles. The number of methoxy groups -OCH3 is 1. The van der Waals surface area contributed by atoms with Crippen LogP contribution in [0.2, 0.25) is 0 Å². The SMILES string of the molecule is COc1ccc(N2C(=O)CC[C@H](C(=O)Nc3ccccc3C)[C@@H]2c2ccccc2)cc1. The summed E-state index contributed by atoms with van der Waals surface area (Å²) in [6.07, 6.45) is 0.823. The maximum Gasteiger partial charge on any atom is 0.229 e. The molecule has 1 aliphatic rings. The van der Waals surface area contributed by atoms with Crippen LogP contribution in [0.1, 0.15) is 30.0 Å².